The first-order chi connectivity index (χ1) is 11.1. The zero-order chi connectivity index (χ0) is 16.7. The predicted molar refractivity (Wildman–Crippen MR) is 97.9 cm³/mol. The second kappa shape index (κ2) is 9.28. The average Bonchev–Trinajstić information content (AvgIpc) is 2.56. The van der Waals surface area contributed by atoms with E-state index in [-0.39, 0.29) is 12.6 Å². The number of aliphatic hydroxyl groups is 1. The maximum absolute atomic E-state index is 9.29. The molecule has 0 bridgehead atoms. The van der Waals surface area contributed by atoms with Gasteiger partial charge in [0, 0.05) is 27.6 Å². The van der Waals surface area contributed by atoms with Crippen molar-refractivity contribution < 1.29 is 9.84 Å². The molecule has 0 aromatic heterocycles. The van der Waals surface area contributed by atoms with E-state index in [2.05, 4.69) is 21.2 Å². The van der Waals surface area contributed by atoms with Gasteiger partial charge in [-0.1, -0.05) is 46.6 Å². The molecule has 2 aromatic rings. The van der Waals surface area contributed by atoms with Gasteiger partial charge in [0.05, 0.1) is 6.61 Å². The van der Waals surface area contributed by atoms with E-state index in [4.69, 9.17) is 16.3 Å². The molecule has 0 saturated carbocycles. The maximum Gasteiger partial charge on any atom is 0.124 e. The first-order valence-electron chi connectivity index (χ1n) is 7.62. The smallest absolute Gasteiger partial charge is 0.124 e. The van der Waals surface area contributed by atoms with Crippen LogP contribution in [0.15, 0.2) is 46.9 Å². The molecule has 0 spiro atoms. The lowest BCUT2D eigenvalue weighted by molar-refractivity contribution is 0.237. The van der Waals surface area contributed by atoms with Gasteiger partial charge in [0.15, 0.2) is 0 Å². The fourth-order valence-corrected chi connectivity index (χ4v) is 2.70. The molecule has 23 heavy (non-hydrogen) atoms. The second-order valence-corrected chi connectivity index (χ2v) is 6.69. The average molecular weight is 399 g/mol. The molecule has 5 heteroatoms. The monoisotopic (exact) mass is 397 g/mol. The SMILES string of the molecule is CC[C@@H](CO)NCc1cc(Br)ccc1OCc1ccc(Cl)cc1. The Balaban J connectivity index is 2.04. The number of aliphatic hydroxyl groups excluding tert-OH is 1. The van der Waals surface area contributed by atoms with Crippen molar-refractivity contribution in [1.29, 1.82) is 0 Å². The van der Waals surface area contributed by atoms with Gasteiger partial charge in [-0.2, -0.15) is 0 Å². The summed E-state index contributed by atoms with van der Waals surface area (Å²) in [7, 11) is 0. The summed E-state index contributed by atoms with van der Waals surface area (Å²) >= 11 is 9.39. The Kier molecular flexibility index (Phi) is 7.37. The highest BCUT2D eigenvalue weighted by molar-refractivity contribution is 9.10. The minimum atomic E-state index is 0.0955. The number of hydrogen-bond acceptors (Lipinski definition) is 3. The van der Waals surface area contributed by atoms with Crippen LogP contribution in [0.2, 0.25) is 5.02 Å². The normalized spacial score (nSPS) is 12.2. The summed E-state index contributed by atoms with van der Waals surface area (Å²) < 4.78 is 6.96. The third-order valence-electron chi connectivity index (χ3n) is 3.62. The molecule has 0 aliphatic carbocycles. The van der Waals surface area contributed by atoms with Crippen LogP contribution in [0.5, 0.6) is 5.75 Å². The Morgan fingerprint density at radius 3 is 2.61 bits per heavy atom. The molecule has 0 aliphatic heterocycles. The van der Waals surface area contributed by atoms with E-state index in [9.17, 15) is 5.11 Å². The Morgan fingerprint density at radius 1 is 1.22 bits per heavy atom. The Hall–Kier alpha value is -1.07. The van der Waals surface area contributed by atoms with E-state index in [1.165, 1.54) is 0 Å². The fourth-order valence-electron chi connectivity index (χ4n) is 2.16. The summed E-state index contributed by atoms with van der Waals surface area (Å²) in [5, 5.41) is 13.3. The summed E-state index contributed by atoms with van der Waals surface area (Å²) in [4.78, 5) is 0. The van der Waals surface area contributed by atoms with Crippen molar-refractivity contribution >= 4 is 27.5 Å². The molecule has 1 atom stereocenters. The summed E-state index contributed by atoms with van der Waals surface area (Å²) in [5.41, 5.74) is 2.12. The van der Waals surface area contributed by atoms with Crippen molar-refractivity contribution in [1.82, 2.24) is 5.32 Å². The minimum Gasteiger partial charge on any atom is -0.489 e. The first-order valence-corrected chi connectivity index (χ1v) is 8.79. The standard InChI is InChI=1S/C18H21BrClNO2/c1-2-17(11-22)21-10-14-9-15(19)5-8-18(14)23-12-13-3-6-16(20)7-4-13/h3-9,17,21-22H,2,10-12H2,1H3/t17-/m0/s1. The number of nitrogens with one attached hydrogen (secondary N) is 1. The number of hydrogen-bond donors (Lipinski definition) is 2. The molecule has 2 N–H and O–H groups in total. The summed E-state index contributed by atoms with van der Waals surface area (Å²) in [6.45, 7) is 3.32. The Bertz CT molecular complexity index is 615. The summed E-state index contributed by atoms with van der Waals surface area (Å²) in [5.74, 6) is 0.837. The van der Waals surface area contributed by atoms with Crippen LogP contribution < -0.4 is 10.1 Å². The van der Waals surface area contributed by atoms with E-state index >= 15 is 0 Å². The largest absolute Gasteiger partial charge is 0.489 e. The van der Waals surface area contributed by atoms with Gasteiger partial charge < -0.3 is 15.2 Å². The third kappa shape index (κ3) is 5.81. The van der Waals surface area contributed by atoms with Crippen molar-refractivity contribution in [2.75, 3.05) is 6.61 Å². The fraction of sp³-hybridized carbons (Fsp3) is 0.333. The van der Waals surface area contributed by atoms with Crippen molar-refractivity contribution in [2.45, 2.75) is 32.5 Å². The van der Waals surface area contributed by atoms with Crippen LogP contribution >= 0.6 is 27.5 Å². The Morgan fingerprint density at radius 2 is 1.96 bits per heavy atom. The first kappa shape index (κ1) is 18.3. The Labute approximate surface area is 150 Å². The van der Waals surface area contributed by atoms with Crippen LogP contribution in [0, 0.1) is 0 Å². The van der Waals surface area contributed by atoms with E-state index < -0.39 is 0 Å². The van der Waals surface area contributed by atoms with Crippen LogP contribution in [-0.4, -0.2) is 17.8 Å². The molecule has 2 aromatic carbocycles. The molecule has 0 heterocycles. The molecule has 0 unspecified atom stereocenters. The zero-order valence-electron chi connectivity index (χ0n) is 13.1. The summed E-state index contributed by atoms with van der Waals surface area (Å²) in [6.07, 6.45) is 0.880. The van der Waals surface area contributed by atoms with Gasteiger partial charge in [0.1, 0.15) is 12.4 Å². The number of ether oxygens (including phenoxy) is 1. The lowest BCUT2D eigenvalue weighted by atomic mass is 10.1. The molecular weight excluding hydrogens is 378 g/mol. The van der Waals surface area contributed by atoms with Gasteiger partial charge >= 0.3 is 0 Å². The van der Waals surface area contributed by atoms with Gasteiger partial charge in [-0.3, -0.25) is 0 Å². The van der Waals surface area contributed by atoms with E-state index in [1.807, 2.05) is 49.4 Å². The van der Waals surface area contributed by atoms with Crippen molar-refractivity contribution in [3.8, 4) is 5.75 Å². The van der Waals surface area contributed by atoms with Crippen molar-refractivity contribution in [3.05, 3.63) is 63.1 Å². The third-order valence-corrected chi connectivity index (χ3v) is 4.37. The van der Waals surface area contributed by atoms with Crippen molar-refractivity contribution in [2.24, 2.45) is 0 Å². The van der Waals surface area contributed by atoms with Gasteiger partial charge in [-0.15, -0.1) is 0 Å². The van der Waals surface area contributed by atoms with Gasteiger partial charge in [0.2, 0.25) is 0 Å². The van der Waals surface area contributed by atoms with Crippen LogP contribution in [-0.2, 0) is 13.2 Å². The van der Waals surface area contributed by atoms with Crippen LogP contribution in [0.25, 0.3) is 0 Å². The highest BCUT2D eigenvalue weighted by Crippen LogP contribution is 2.24. The number of benzene rings is 2. The van der Waals surface area contributed by atoms with Gasteiger partial charge in [-0.05, 0) is 42.3 Å². The van der Waals surface area contributed by atoms with Gasteiger partial charge in [0.25, 0.3) is 0 Å². The molecule has 0 aliphatic rings. The zero-order valence-corrected chi connectivity index (χ0v) is 15.4. The molecule has 0 radical (unpaired) electrons. The molecule has 3 nitrogen and oxygen atoms in total. The maximum atomic E-state index is 9.29. The lowest BCUT2D eigenvalue weighted by Gasteiger charge is -2.17. The molecule has 2 rings (SSSR count). The molecule has 0 saturated heterocycles. The topological polar surface area (TPSA) is 41.5 Å². The highest BCUT2D eigenvalue weighted by Gasteiger charge is 2.09. The number of halogens is 2. The molecular formula is C18H21BrClNO2. The number of rotatable bonds is 8. The second-order valence-electron chi connectivity index (χ2n) is 5.34. The van der Waals surface area contributed by atoms with Crippen LogP contribution in [0.1, 0.15) is 24.5 Å². The van der Waals surface area contributed by atoms with E-state index in [1.54, 1.807) is 0 Å². The van der Waals surface area contributed by atoms with E-state index in [0.717, 1.165) is 32.8 Å². The van der Waals surface area contributed by atoms with Crippen LogP contribution in [0.3, 0.4) is 0 Å². The molecule has 124 valence electrons. The summed E-state index contributed by atoms with van der Waals surface area (Å²) in [6, 6.07) is 13.7. The van der Waals surface area contributed by atoms with Crippen molar-refractivity contribution in [3.63, 3.8) is 0 Å². The molecule has 0 fully saturated rings. The van der Waals surface area contributed by atoms with Crippen LogP contribution in [0.4, 0.5) is 0 Å². The highest BCUT2D eigenvalue weighted by atomic mass is 79.9. The van der Waals surface area contributed by atoms with Gasteiger partial charge in [-0.25, -0.2) is 0 Å². The minimum absolute atomic E-state index is 0.0955. The van der Waals surface area contributed by atoms with E-state index in [0.29, 0.717) is 13.2 Å². The lowest BCUT2D eigenvalue weighted by Crippen LogP contribution is -2.31. The molecule has 0 amide bonds. The quantitative estimate of drug-likeness (QED) is 0.686. The predicted octanol–water partition coefficient (Wildman–Crippen LogP) is 4.54.